The van der Waals surface area contributed by atoms with Crippen molar-refractivity contribution in [1.29, 1.82) is 0 Å². The summed E-state index contributed by atoms with van der Waals surface area (Å²) in [7, 11) is 2.09. The molecule has 0 atom stereocenters. The first-order chi connectivity index (χ1) is 8.65. The van der Waals surface area contributed by atoms with Crippen LogP contribution in [0, 0.1) is 6.92 Å². The maximum Gasteiger partial charge on any atom is 0.170 e. The second kappa shape index (κ2) is 8.25. The van der Waals surface area contributed by atoms with E-state index in [-0.39, 0.29) is 6.29 Å². The highest BCUT2D eigenvalue weighted by molar-refractivity contribution is 5.21. The zero-order valence-electron chi connectivity index (χ0n) is 12.0. The van der Waals surface area contributed by atoms with E-state index in [0.717, 1.165) is 13.1 Å². The Kier molecular flexibility index (Phi) is 6.94. The number of nitrogens with zero attached hydrogens (tertiary/aromatic N) is 1. The van der Waals surface area contributed by atoms with Crippen molar-refractivity contribution in [3.63, 3.8) is 0 Å². The molecular weight excluding hydrogens is 226 g/mol. The minimum Gasteiger partial charge on any atom is -0.352 e. The molecule has 3 heteroatoms. The van der Waals surface area contributed by atoms with Crippen LogP contribution in [0.1, 0.15) is 25.0 Å². The Bertz CT molecular complexity index is 318. The van der Waals surface area contributed by atoms with E-state index in [0.29, 0.717) is 13.2 Å². The van der Waals surface area contributed by atoms with Gasteiger partial charge in [-0.25, -0.2) is 0 Å². The molecule has 0 saturated carbocycles. The van der Waals surface area contributed by atoms with Crippen molar-refractivity contribution in [3.8, 4) is 0 Å². The molecule has 3 nitrogen and oxygen atoms in total. The van der Waals surface area contributed by atoms with Crippen LogP contribution in [0.4, 0.5) is 0 Å². The smallest absolute Gasteiger partial charge is 0.170 e. The van der Waals surface area contributed by atoms with E-state index in [1.807, 2.05) is 13.8 Å². The van der Waals surface area contributed by atoms with Crippen LogP contribution < -0.4 is 0 Å². The van der Waals surface area contributed by atoms with Crippen molar-refractivity contribution in [2.75, 3.05) is 26.8 Å². The lowest BCUT2D eigenvalue weighted by molar-refractivity contribution is -0.145. The Labute approximate surface area is 111 Å². The topological polar surface area (TPSA) is 21.7 Å². The van der Waals surface area contributed by atoms with E-state index in [9.17, 15) is 0 Å². The molecule has 0 bridgehead atoms. The molecule has 0 radical (unpaired) electrons. The molecule has 0 aliphatic carbocycles. The zero-order chi connectivity index (χ0) is 13.4. The first-order valence-corrected chi connectivity index (χ1v) is 6.63. The quantitative estimate of drug-likeness (QED) is 0.663. The average molecular weight is 251 g/mol. The average Bonchev–Trinajstić information content (AvgIpc) is 2.33. The lowest BCUT2D eigenvalue weighted by atomic mass is 10.1. The van der Waals surface area contributed by atoms with E-state index in [1.54, 1.807) is 0 Å². The number of ether oxygens (including phenoxy) is 2. The standard InChI is InChI=1S/C15H25NO2/c1-5-17-15(18-6-2)12-16(4)11-14-9-7-13(3)8-10-14/h7-10,15H,5-6,11-12H2,1-4H3. The Morgan fingerprint density at radius 1 is 1.06 bits per heavy atom. The van der Waals surface area contributed by atoms with Gasteiger partial charge >= 0.3 is 0 Å². The van der Waals surface area contributed by atoms with Crippen molar-refractivity contribution in [3.05, 3.63) is 35.4 Å². The van der Waals surface area contributed by atoms with Crippen molar-refractivity contribution in [2.45, 2.75) is 33.6 Å². The van der Waals surface area contributed by atoms with Crippen LogP contribution >= 0.6 is 0 Å². The van der Waals surface area contributed by atoms with E-state index in [1.165, 1.54) is 11.1 Å². The predicted molar refractivity (Wildman–Crippen MR) is 74.6 cm³/mol. The number of benzene rings is 1. The van der Waals surface area contributed by atoms with Gasteiger partial charge in [-0.05, 0) is 33.4 Å². The van der Waals surface area contributed by atoms with Gasteiger partial charge in [0.15, 0.2) is 6.29 Å². The summed E-state index contributed by atoms with van der Waals surface area (Å²) in [5.74, 6) is 0. The molecule has 1 rings (SSSR count). The third kappa shape index (κ3) is 5.63. The Balaban J connectivity index is 2.43. The van der Waals surface area contributed by atoms with E-state index in [2.05, 4.69) is 43.1 Å². The second-order valence-electron chi connectivity index (χ2n) is 4.52. The highest BCUT2D eigenvalue weighted by Crippen LogP contribution is 2.07. The monoisotopic (exact) mass is 251 g/mol. The van der Waals surface area contributed by atoms with Crippen LogP contribution in [0.2, 0.25) is 0 Å². The Hall–Kier alpha value is -0.900. The zero-order valence-corrected chi connectivity index (χ0v) is 12.0. The summed E-state index contributed by atoms with van der Waals surface area (Å²) in [6.07, 6.45) is -0.129. The van der Waals surface area contributed by atoms with Gasteiger partial charge in [0, 0.05) is 26.3 Å². The minimum atomic E-state index is -0.129. The fourth-order valence-electron chi connectivity index (χ4n) is 1.85. The van der Waals surface area contributed by atoms with Crippen LogP contribution in [-0.2, 0) is 16.0 Å². The van der Waals surface area contributed by atoms with Gasteiger partial charge in [-0.2, -0.15) is 0 Å². The van der Waals surface area contributed by atoms with Crippen molar-refractivity contribution < 1.29 is 9.47 Å². The molecule has 18 heavy (non-hydrogen) atoms. The maximum atomic E-state index is 5.55. The molecule has 0 unspecified atom stereocenters. The largest absolute Gasteiger partial charge is 0.352 e. The van der Waals surface area contributed by atoms with Gasteiger partial charge in [0.2, 0.25) is 0 Å². The van der Waals surface area contributed by atoms with Gasteiger partial charge in [-0.3, -0.25) is 4.90 Å². The lowest BCUT2D eigenvalue weighted by Gasteiger charge is -2.23. The first-order valence-electron chi connectivity index (χ1n) is 6.63. The number of rotatable bonds is 8. The molecule has 1 aromatic rings. The molecule has 0 aromatic heterocycles. The lowest BCUT2D eigenvalue weighted by Crippen LogP contribution is -2.32. The van der Waals surface area contributed by atoms with Crippen molar-refractivity contribution in [1.82, 2.24) is 4.90 Å². The fourth-order valence-corrected chi connectivity index (χ4v) is 1.85. The summed E-state index contributed by atoms with van der Waals surface area (Å²) >= 11 is 0. The molecule has 0 spiro atoms. The predicted octanol–water partition coefficient (Wildman–Crippen LogP) is 2.83. The van der Waals surface area contributed by atoms with E-state index < -0.39 is 0 Å². The molecular formula is C15H25NO2. The van der Waals surface area contributed by atoms with Gasteiger partial charge in [0.1, 0.15) is 0 Å². The highest BCUT2D eigenvalue weighted by atomic mass is 16.7. The van der Waals surface area contributed by atoms with Crippen LogP contribution in [-0.4, -0.2) is 38.0 Å². The summed E-state index contributed by atoms with van der Waals surface area (Å²) in [5.41, 5.74) is 2.61. The SMILES string of the molecule is CCOC(CN(C)Cc1ccc(C)cc1)OCC. The normalized spacial score (nSPS) is 11.4. The number of hydrogen-bond donors (Lipinski definition) is 0. The molecule has 1 aromatic carbocycles. The van der Waals surface area contributed by atoms with Gasteiger partial charge in [-0.1, -0.05) is 29.8 Å². The third-order valence-electron chi connectivity index (χ3n) is 2.74. The molecule has 0 aliphatic rings. The second-order valence-corrected chi connectivity index (χ2v) is 4.52. The number of hydrogen-bond acceptors (Lipinski definition) is 3. The van der Waals surface area contributed by atoms with Gasteiger partial charge in [-0.15, -0.1) is 0 Å². The molecule has 0 heterocycles. The number of likely N-dealkylation sites (N-methyl/N-ethyl adjacent to an activating group) is 1. The fraction of sp³-hybridized carbons (Fsp3) is 0.600. The molecule has 102 valence electrons. The summed E-state index contributed by atoms with van der Waals surface area (Å²) in [4.78, 5) is 2.22. The number of aryl methyl sites for hydroxylation is 1. The Morgan fingerprint density at radius 3 is 2.11 bits per heavy atom. The van der Waals surface area contributed by atoms with Gasteiger partial charge in [0.05, 0.1) is 0 Å². The van der Waals surface area contributed by atoms with Crippen LogP contribution in [0.3, 0.4) is 0 Å². The maximum absolute atomic E-state index is 5.55. The Morgan fingerprint density at radius 2 is 1.61 bits per heavy atom. The molecule has 0 N–H and O–H groups in total. The molecule has 0 fully saturated rings. The third-order valence-corrected chi connectivity index (χ3v) is 2.74. The molecule has 0 aliphatic heterocycles. The molecule has 0 saturated heterocycles. The minimum absolute atomic E-state index is 0.129. The van der Waals surface area contributed by atoms with Crippen LogP contribution in [0.5, 0.6) is 0 Å². The van der Waals surface area contributed by atoms with Gasteiger partial charge < -0.3 is 9.47 Å². The van der Waals surface area contributed by atoms with Gasteiger partial charge in [0.25, 0.3) is 0 Å². The summed E-state index contributed by atoms with van der Waals surface area (Å²) in [6, 6.07) is 8.63. The summed E-state index contributed by atoms with van der Waals surface area (Å²) < 4.78 is 11.1. The van der Waals surface area contributed by atoms with Crippen molar-refractivity contribution >= 4 is 0 Å². The summed E-state index contributed by atoms with van der Waals surface area (Å²) in [6.45, 7) is 9.16. The summed E-state index contributed by atoms with van der Waals surface area (Å²) in [5, 5.41) is 0. The van der Waals surface area contributed by atoms with E-state index >= 15 is 0 Å². The highest BCUT2D eigenvalue weighted by Gasteiger charge is 2.11. The molecule has 0 amide bonds. The van der Waals surface area contributed by atoms with Crippen LogP contribution in [0.25, 0.3) is 0 Å². The van der Waals surface area contributed by atoms with E-state index in [4.69, 9.17) is 9.47 Å². The van der Waals surface area contributed by atoms with Crippen LogP contribution in [0.15, 0.2) is 24.3 Å². The van der Waals surface area contributed by atoms with Crippen molar-refractivity contribution in [2.24, 2.45) is 0 Å². The first kappa shape index (κ1) is 15.2.